The molecule has 0 radical (unpaired) electrons. The molecule has 0 bridgehead atoms. The molecule has 10 aromatic rings. The Bertz CT molecular complexity index is 3330. The molecule has 2 heterocycles. The Balaban J connectivity index is 0.998. The van der Waals surface area contributed by atoms with Gasteiger partial charge in [0.1, 0.15) is 0 Å². The number of aromatic nitrogens is 1. The standard InChI is InChI=1S/C57H40N2/c1-3-13-37(14-4-1)48-31-28-39-16-8-11-21-53(39)58-57(48)44-26-24-40-33-42(25-23-41(40)34-44)47-30-29-43-35-55-52(36-51(43)50-32-27-38-15-7-9-19-46(38)56(47)50)49-20-10-12-22-54(49)59(55)45-17-5-2-6-18-45/h1-28,31-36,47-48H,29-30H2. The highest BCUT2D eigenvalue weighted by Gasteiger charge is 2.28. The molecule has 12 rings (SSSR count). The van der Waals surface area contributed by atoms with Crippen LogP contribution in [0.5, 0.6) is 0 Å². The second-order valence-corrected chi connectivity index (χ2v) is 16.2. The quantitative estimate of drug-likeness (QED) is 0.170. The zero-order valence-electron chi connectivity index (χ0n) is 32.6. The van der Waals surface area contributed by atoms with E-state index in [1.807, 2.05) is 0 Å². The van der Waals surface area contributed by atoms with Gasteiger partial charge in [-0.05, 0) is 121 Å². The van der Waals surface area contributed by atoms with Crippen molar-refractivity contribution in [1.82, 2.24) is 4.57 Å². The molecule has 0 saturated carbocycles. The van der Waals surface area contributed by atoms with E-state index < -0.39 is 0 Å². The number of para-hydroxylation sites is 3. The van der Waals surface area contributed by atoms with Gasteiger partial charge in [0.15, 0.2) is 0 Å². The van der Waals surface area contributed by atoms with E-state index in [0.29, 0.717) is 0 Å². The molecule has 2 atom stereocenters. The summed E-state index contributed by atoms with van der Waals surface area (Å²) in [5.74, 6) is 0.280. The molecule has 0 N–H and O–H groups in total. The van der Waals surface area contributed by atoms with Gasteiger partial charge < -0.3 is 4.57 Å². The maximum absolute atomic E-state index is 5.36. The SMILES string of the molecule is C1=CC(c2ccccc2)C(c2ccc3cc(C4CCc5cc6c(cc5-c5ccc7ccccc7c54)c4ccccc4n6-c4ccccc4)ccc3c2)=Nc2ccccc21. The van der Waals surface area contributed by atoms with Crippen molar-refractivity contribution >= 4 is 60.8 Å². The van der Waals surface area contributed by atoms with Gasteiger partial charge in [0, 0.05) is 28.3 Å². The highest BCUT2D eigenvalue weighted by molar-refractivity contribution is 6.12. The summed E-state index contributed by atoms with van der Waals surface area (Å²) < 4.78 is 2.45. The van der Waals surface area contributed by atoms with Gasteiger partial charge in [-0.3, -0.25) is 4.99 Å². The van der Waals surface area contributed by atoms with Crippen LogP contribution >= 0.6 is 0 Å². The Morgan fingerprint density at radius 2 is 1.22 bits per heavy atom. The molecule has 59 heavy (non-hydrogen) atoms. The molecule has 2 aliphatic rings. The van der Waals surface area contributed by atoms with Gasteiger partial charge in [-0.2, -0.15) is 0 Å². The molecular formula is C57H40N2. The first-order valence-electron chi connectivity index (χ1n) is 20.8. The zero-order chi connectivity index (χ0) is 38.9. The fraction of sp³-hybridized carbons (Fsp3) is 0.0702. The van der Waals surface area contributed by atoms with Crippen LogP contribution in [0.25, 0.3) is 66.2 Å². The number of benzene rings is 9. The van der Waals surface area contributed by atoms with E-state index in [4.69, 9.17) is 4.99 Å². The topological polar surface area (TPSA) is 17.3 Å². The summed E-state index contributed by atoms with van der Waals surface area (Å²) in [5, 5.41) is 7.71. The van der Waals surface area contributed by atoms with E-state index in [0.717, 1.165) is 35.4 Å². The third-order valence-corrected chi connectivity index (χ3v) is 12.9. The Labute approximate surface area is 344 Å². The maximum Gasteiger partial charge on any atom is 0.0705 e. The predicted octanol–water partition coefficient (Wildman–Crippen LogP) is 14.8. The number of hydrogen-bond donors (Lipinski definition) is 0. The first-order valence-corrected chi connectivity index (χ1v) is 20.8. The van der Waals surface area contributed by atoms with Crippen molar-refractivity contribution in [3.05, 3.63) is 234 Å². The van der Waals surface area contributed by atoms with Gasteiger partial charge in [-0.15, -0.1) is 0 Å². The lowest BCUT2D eigenvalue weighted by atomic mass is 9.82. The average Bonchev–Trinajstić information content (AvgIpc) is 3.38. The molecule has 0 fully saturated rings. The minimum absolute atomic E-state index is 0.0485. The molecule has 9 aromatic carbocycles. The Hall–Kier alpha value is -7.29. The highest BCUT2D eigenvalue weighted by Crippen LogP contribution is 2.47. The molecule has 2 unspecified atom stereocenters. The van der Waals surface area contributed by atoms with Crippen molar-refractivity contribution in [2.45, 2.75) is 24.7 Å². The number of rotatable bonds is 4. The van der Waals surface area contributed by atoms with E-state index in [2.05, 4.69) is 211 Å². The molecule has 1 aliphatic carbocycles. The van der Waals surface area contributed by atoms with Crippen LogP contribution in [0.2, 0.25) is 0 Å². The molecule has 0 amide bonds. The minimum Gasteiger partial charge on any atom is -0.309 e. The minimum atomic E-state index is 0.0485. The van der Waals surface area contributed by atoms with Crippen molar-refractivity contribution in [1.29, 1.82) is 0 Å². The van der Waals surface area contributed by atoms with E-state index in [1.54, 1.807) is 0 Å². The second kappa shape index (κ2) is 13.7. The lowest BCUT2D eigenvalue weighted by Gasteiger charge is -2.22. The number of aryl methyl sites for hydroxylation is 1. The van der Waals surface area contributed by atoms with Crippen molar-refractivity contribution in [2.75, 3.05) is 0 Å². The molecule has 1 aliphatic heterocycles. The Kier molecular flexibility index (Phi) is 7.84. The fourth-order valence-electron chi connectivity index (χ4n) is 10.1. The van der Waals surface area contributed by atoms with Crippen LogP contribution in [0, 0.1) is 0 Å². The molecule has 1 aromatic heterocycles. The zero-order valence-corrected chi connectivity index (χ0v) is 32.6. The van der Waals surface area contributed by atoms with E-state index in [9.17, 15) is 0 Å². The van der Waals surface area contributed by atoms with Gasteiger partial charge >= 0.3 is 0 Å². The van der Waals surface area contributed by atoms with Crippen LogP contribution in [0.15, 0.2) is 205 Å². The summed E-state index contributed by atoms with van der Waals surface area (Å²) >= 11 is 0. The monoisotopic (exact) mass is 752 g/mol. The van der Waals surface area contributed by atoms with Crippen molar-refractivity contribution in [3.8, 4) is 16.8 Å². The first kappa shape index (κ1) is 33.8. The van der Waals surface area contributed by atoms with E-state index in [-0.39, 0.29) is 11.8 Å². The number of fused-ring (bicyclic) bond motifs is 10. The molecule has 0 spiro atoms. The number of hydrogen-bond acceptors (Lipinski definition) is 1. The number of allylic oxidation sites excluding steroid dienone is 1. The van der Waals surface area contributed by atoms with Gasteiger partial charge in [0.25, 0.3) is 0 Å². The molecule has 2 nitrogen and oxygen atoms in total. The van der Waals surface area contributed by atoms with Crippen LogP contribution in [0.3, 0.4) is 0 Å². The van der Waals surface area contributed by atoms with E-state index in [1.165, 1.54) is 82.4 Å². The van der Waals surface area contributed by atoms with Gasteiger partial charge in [-0.1, -0.05) is 164 Å². The van der Waals surface area contributed by atoms with Crippen molar-refractivity contribution in [2.24, 2.45) is 4.99 Å². The smallest absolute Gasteiger partial charge is 0.0705 e. The molecule has 2 heteroatoms. The Morgan fingerprint density at radius 3 is 2.12 bits per heavy atom. The predicted molar refractivity (Wildman–Crippen MR) is 249 cm³/mol. The largest absolute Gasteiger partial charge is 0.309 e. The summed E-state index contributed by atoms with van der Waals surface area (Å²) in [4.78, 5) is 5.36. The lowest BCUT2D eigenvalue weighted by molar-refractivity contribution is 0.731. The lowest BCUT2D eigenvalue weighted by Crippen LogP contribution is -2.11. The summed E-state index contributed by atoms with van der Waals surface area (Å²) in [5.41, 5.74) is 16.3. The molecule has 278 valence electrons. The molecule has 0 saturated heterocycles. The van der Waals surface area contributed by atoms with Gasteiger partial charge in [0.05, 0.1) is 22.4 Å². The van der Waals surface area contributed by atoms with Crippen molar-refractivity contribution in [3.63, 3.8) is 0 Å². The Morgan fingerprint density at radius 1 is 0.492 bits per heavy atom. The van der Waals surface area contributed by atoms with Crippen LogP contribution in [-0.2, 0) is 6.42 Å². The average molecular weight is 753 g/mol. The fourth-order valence-corrected chi connectivity index (χ4v) is 10.1. The number of aliphatic imine (C=N–C) groups is 1. The highest BCUT2D eigenvalue weighted by atomic mass is 15.0. The third-order valence-electron chi connectivity index (χ3n) is 12.9. The summed E-state index contributed by atoms with van der Waals surface area (Å²) in [6.07, 6.45) is 6.55. The van der Waals surface area contributed by atoms with Crippen LogP contribution in [0.4, 0.5) is 5.69 Å². The van der Waals surface area contributed by atoms with E-state index >= 15 is 0 Å². The normalized spacial score (nSPS) is 16.0. The maximum atomic E-state index is 5.36. The van der Waals surface area contributed by atoms with Crippen LogP contribution in [-0.4, -0.2) is 10.3 Å². The summed E-state index contributed by atoms with van der Waals surface area (Å²) in [6, 6.07) is 71.7. The number of nitrogens with zero attached hydrogens (tertiary/aromatic N) is 2. The van der Waals surface area contributed by atoms with Crippen LogP contribution < -0.4 is 0 Å². The van der Waals surface area contributed by atoms with Crippen molar-refractivity contribution < 1.29 is 0 Å². The molecular weight excluding hydrogens is 713 g/mol. The van der Waals surface area contributed by atoms with Gasteiger partial charge in [-0.25, -0.2) is 0 Å². The second-order valence-electron chi connectivity index (χ2n) is 16.2. The first-order chi connectivity index (χ1) is 29.2. The van der Waals surface area contributed by atoms with Crippen LogP contribution in [0.1, 0.15) is 51.6 Å². The van der Waals surface area contributed by atoms with Gasteiger partial charge in [0.2, 0.25) is 0 Å². The summed E-state index contributed by atoms with van der Waals surface area (Å²) in [6.45, 7) is 0. The summed E-state index contributed by atoms with van der Waals surface area (Å²) in [7, 11) is 0. The third kappa shape index (κ3) is 5.59.